The topological polar surface area (TPSA) is 84.2 Å². The Morgan fingerprint density at radius 1 is 1.15 bits per heavy atom. The van der Waals surface area contributed by atoms with Gasteiger partial charge in [-0.2, -0.15) is 0 Å². The van der Waals surface area contributed by atoms with E-state index in [2.05, 4.69) is 17.2 Å². The van der Waals surface area contributed by atoms with Crippen molar-refractivity contribution in [3.63, 3.8) is 0 Å². The number of nitrogens with zero attached hydrogens (tertiary/aromatic N) is 2. The predicted octanol–water partition coefficient (Wildman–Crippen LogP) is 6.85. The third-order valence-corrected chi connectivity index (χ3v) is 6.92. The molecule has 0 aliphatic rings. The fraction of sp³-hybridized carbons (Fsp3) is 0.292. The number of thiazole rings is 1. The van der Waals surface area contributed by atoms with Gasteiger partial charge in [0.1, 0.15) is 16.8 Å². The van der Waals surface area contributed by atoms with Gasteiger partial charge in [0, 0.05) is 17.0 Å². The summed E-state index contributed by atoms with van der Waals surface area (Å²) in [6.07, 6.45) is 5.18. The second kappa shape index (κ2) is 10.1. The lowest BCUT2D eigenvalue weighted by Crippen LogP contribution is -2.30. The first kappa shape index (κ1) is 23.5. The van der Waals surface area contributed by atoms with Gasteiger partial charge in [0.15, 0.2) is 5.13 Å². The number of benzene rings is 2. The summed E-state index contributed by atoms with van der Waals surface area (Å²) in [6.45, 7) is 2.62. The van der Waals surface area contributed by atoms with Crippen molar-refractivity contribution in [1.82, 2.24) is 9.55 Å². The predicted molar refractivity (Wildman–Crippen MR) is 136 cm³/mol. The third-order valence-electron chi connectivity index (χ3n) is 5.49. The number of hydrogen-bond donors (Lipinski definition) is 2. The Labute approximate surface area is 204 Å². The van der Waals surface area contributed by atoms with Crippen LogP contribution in [-0.2, 0) is 6.54 Å². The highest BCUT2D eigenvalue weighted by Gasteiger charge is 2.23. The Morgan fingerprint density at radius 2 is 1.91 bits per heavy atom. The molecule has 0 unspecified atom stereocenters. The molecule has 2 heterocycles. The van der Waals surface area contributed by atoms with Gasteiger partial charge in [-0.3, -0.25) is 14.9 Å². The molecule has 0 saturated heterocycles. The molecule has 0 radical (unpaired) electrons. The summed E-state index contributed by atoms with van der Waals surface area (Å²) in [5.41, 5.74) is 0.286. The molecule has 2 aromatic heterocycles. The molecule has 0 spiro atoms. The fourth-order valence-corrected chi connectivity index (χ4v) is 5.44. The van der Waals surface area contributed by atoms with Crippen LogP contribution in [0.1, 0.15) is 49.4 Å². The van der Waals surface area contributed by atoms with Crippen LogP contribution in [0.2, 0.25) is 10.0 Å². The van der Waals surface area contributed by atoms with Crippen LogP contribution < -0.4 is 10.9 Å². The van der Waals surface area contributed by atoms with Gasteiger partial charge in [0.25, 0.3) is 11.5 Å². The molecule has 0 bridgehead atoms. The summed E-state index contributed by atoms with van der Waals surface area (Å²) in [5, 5.41) is 15.0. The molecule has 4 aromatic rings. The maximum absolute atomic E-state index is 13.3. The number of aromatic hydroxyl groups is 1. The number of aryl methyl sites for hydroxylation is 1. The van der Waals surface area contributed by atoms with Crippen LogP contribution in [0.25, 0.3) is 21.1 Å². The molecular weight excluding hydrogens is 481 g/mol. The van der Waals surface area contributed by atoms with Crippen LogP contribution in [0.15, 0.2) is 41.2 Å². The maximum atomic E-state index is 13.3. The Kier molecular flexibility index (Phi) is 7.22. The number of fused-ring (bicyclic) bond motifs is 2. The number of unbranched alkanes of at least 4 members (excludes halogenated alkanes) is 4. The van der Waals surface area contributed by atoms with E-state index in [9.17, 15) is 14.7 Å². The summed E-state index contributed by atoms with van der Waals surface area (Å²) in [6, 6.07) is 10.3. The number of aromatic nitrogens is 2. The van der Waals surface area contributed by atoms with Gasteiger partial charge < -0.3 is 9.67 Å². The zero-order valence-electron chi connectivity index (χ0n) is 18.0. The first-order valence-electron chi connectivity index (χ1n) is 10.8. The lowest BCUT2D eigenvalue weighted by Gasteiger charge is -2.14. The molecule has 2 aromatic carbocycles. The van der Waals surface area contributed by atoms with E-state index >= 15 is 0 Å². The van der Waals surface area contributed by atoms with Crippen LogP contribution in [0.4, 0.5) is 5.13 Å². The van der Waals surface area contributed by atoms with Crippen LogP contribution in [0.3, 0.4) is 0 Å². The molecule has 4 rings (SSSR count). The smallest absolute Gasteiger partial charge is 0.267 e. The van der Waals surface area contributed by atoms with Gasteiger partial charge in [0.2, 0.25) is 0 Å². The molecule has 172 valence electrons. The van der Waals surface area contributed by atoms with Crippen LogP contribution >= 0.6 is 34.5 Å². The highest BCUT2D eigenvalue weighted by molar-refractivity contribution is 7.22. The standard InChI is InChI=1S/C24H23Cl2N3O3S/c1-2-3-4-5-8-11-29-17-10-7-6-9-15(17)21(30)19(23(29)32)22(31)28-24-27-20-16(26)12-14(25)13-18(20)33-24/h6-7,9-10,12-13,30H,2-5,8,11H2,1H3,(H,27,28,31). The van der Waals surface area contributed by atoms with Crippen LogP contribution in [0.5, 0.6) is 5.75 Å². The molecular formula is C24H23Cl2N3O3S. The van der Waals surface area contributed by atoms with E-state index in [0.29, 0.717) is 37.7 Å². The lowest BCUT2D eigenvalue weighted by molar-refractivity contribution is 0.102. The van der Waals surface area contributed by atoms with Crippen molar-refractivity contribution in [3.8, 4) is 5.75 Å². The number of halogens is 2. The monoisotopic (exact) mass is 503 g/mol. The van der Waals surface area contributed by atoms with Gasteiger partial charge in [-0.25, -0.2) is 4.98 Å². The van der Waals surface area contributed by atoms with Crippen LogP contribution in [-0.4, -0.2) is 20.6 Å². The van der Waals surface area contributed by atoms with E-state index in [4.69, 9.17) is 23.2 Å². The summed E-state index contributed by atoms with van der Waals surface area (Å²) in [5.74, 6) is -1.05. The van der Waals surface area contributed by atoms with Crippen LogP contribution in [0, 0.1) is 0 Å². The van der Waals surface area contributed by atoms with Gasteiger partial charge in [0.05, 0.1) is 15.2 Å². The van der Waals surface area contributed by atoms with Gasteiger partial charge in [-0.05, 0) is 30.7 Å². The minimum atomic E-state index is -0.718. The van der Waals surface area contributed by atoms with Gasteiger partial charge >= 0.3 is 0 Å². The summed E-state index contributed by atoms with van der Waals surface area (Å²) in [7, 11) is 0. The number of amides is 1. The minimum absolute atomic E-state index is 0.261. The van der Waals surface area contributed by atoms with Crippen molar-refractivity contribution in [3.05, 3.63) is 62.4 Å². The molecule has 9 heteroatoms. The Bertz CT molecular complexity index is 1400. The highest BCUT2D eigenvalue weighted by atomic mass is 35.5. The lowest BCUT2D eigenvalue weighted by atomic mass is 10.1. The molecule has 0 aliphatic carbocycles. The largest absolute Gasteiger partial charge is 0.506 e. The average Bonchev–Trinajstić information content (AvgIpc) is 3.18. The van der Waals surface area contributed by atoms with Crippen molar-refractivity contribution in [1.29, 1.82) is 0 Å². The maximum Gasteiger partial charge on any atom is 0.267 e. The number of rotatable bonds is 8. The molecule has 6 nitrogen and oxygen atoms in total. The summed E-state index contributed by atoms with van der Waals surface area (Å²) >= 11 is 13.4. The first-order valence-corrected chi connectivity index (χ1v) is 12.4. The molecule has 0 aliphatic heterocycles. The minimum Gasteiger partial charge on any atom is -0.506 e. The number of para-hydroxylation sites is 1. The fourth-order valence-electron chi connectivity index (χ4n) is 3.86. The second-order valence-electron chi connectivity index (χ2n) is 7.82. The highest BCUT2D eigenvalue weighted by Crippen LogP contribution is 2.34. The summed E-state index contributed by atoms with van der Waals surface area (Å²) < 4.78 is 2.28. The number of carbonyl (C=O) groups excluding carboxylic acids is 1. The van der Waals surface area contributed by atoms with E-state index < -0.39 is 11.5 Å². The van der Waals surface area contributed by atoms with Crippen molar-refractivity contribution < 1.29 is 9.90 Å². The van der Waals surface area contributed by atoms with Crippen molar-refractivity contribution in [2.24, 2.45) is 0 Å². The SMILES string of the molecule is CCCCCCCn1c(=O)c(C(=O)Nc2nc3c(Cl)cc(Cl)cc3s2)c(O)c2ccccc21. The van der Waals surface area contributed by atoms with Gasteiger partial charge in [-0.1, -0.05) is 79.3 Å². The average molecular weight is 504 g/mol. The number of nitrogens with one attached hydrogen (secondary N) is 1. The van der Waals surface area contributed by atoms with E-state index in [1.54, 1.807) is 34.9 Å². The second-order valence-corrected chi connectivity index (χ2v) is 9.69. The molecule has 0 fully saturated rings. The van der Waals surface area contributed by atoms with Crippen molar-refractivity contribution in [2.45, 2.75) is 45.6 Å². The number of carbonyl (C=O) groups is 1. The van der Waals surface area contributed by atoms with E-state index in [1.807, 2.05) is 6.07 Å². The summed E-state index contributed by atoms with van der Waals surface area (Å²) in [4.78, 5) is 30.8. The zero-order valence-corrected chi connectivity index (χ0v) is 20.4. The van der Waals surface area contributed by atoms with Gasteiger partial charge in [-0.15, -0.1) is 0 Å². The number of pyridine rings is 1. The molecule has 0 saturated carbocycles. The number of hydrogen-bond acceptors (Lipinski definition) is 5. The number of anilines is 1. The molecule has 1 amide bonds. The third kappa shape index (κ3) is 4.86. The van der Waals surface area contributed by atoms with Crippen molar-refractivity contribution in [2.75, 3.05) is 5.32 Å². The first-order chi connectivity index (χ1) is 15.9. The Hall–Kier alpha value is -2.61. The van der Waals surface area contributed by atoms with Crippen molar-refractivity contribution >= 4 is 66.7 Å². The van der Waals surface area contributed by atoms with E-state index in [1.165, 1.54) is 11.3 Å². The normalized spacial score (nSPS) is 11.4. The quantitative estimate of drug-likeness (QED) is 0.257. The Balaban J connectivity index is 1.70. The van der Waals surface area contributed by atoms with E-state index in [-0.39, 0.29) is 16.4 Å². The molecule has 0 atom stereocenters. The molecule has 33 heavy (non-hydrogen) atoms. The zero-order chi connectivity index (χ0) is 23.5. The van der Waals surface area contributed by atoms with E-state index in [0.717, 1.165) is 32.1 Å². The Morgan fingerprint density at radius 3 is 2.70 bits per heavy atom. The molecule has 2 N–H and O–H groups in total.